The lowest BCUT2D eigenvalue weighted by atomic mass is 9.89. The number of hydrogen-bond acceptors (Lipinski definition) is 2. The van der Waals surface area contributed by atoms with Crippen molar-refractivity contribution in [1.29, 1.82) is 0 Å². The lowest BCUT2D eigenvalue weighted by Crippen LogP contribution is -2.08. The number of nitrogens with zero attached hydrogens (tertiary/aromatic N) is 1. The van der Waals surface area contributed by atoms with Crippen LogP contribution < -0.4 is 5.73 Å². The summed E-state index contributed by atoms with van der Waals surface area (Å²) < 4.78 is 0.665. The van der Waals surface area contributed by atoms with Crippen LogP contribution >= 0.6 is 22.6 Å². The van der Waals surface area contributed by atoms with Gasteiger partial charge in [0.25, 0.3) is 0 Å². The molecule has 236 valence electrons. The Labute approximate surface area is 301 Å². The van der Waals surface area contributed by atoms with E-state index in [1.54, 1.807) is 0 Å². The van der Waals surface area contributed by atoms with E-state index < -0.39 is 0 Å². The molecule has 0 unspecified atom stereocenters. The zero-order valence-electron chi connectivity index (χ0n) is 27.1. The molecule has 0 amide bonds. The van der Waals surface area contributed by atoms with E-state index in [9.17, 15) is 0 Å². The molecule has 0 radical (unpaired) electrons. The maximum Gasteiger partial charge on any atom is 0.0911 e. The van der Waals surface area contributed by atoms with Crippen molar-refractivity contribution in [3.05, 3.63) is 181 Å². The van der Waals surface area contributed by atoms with Crippen LogP contribution in [0.25, 0.3) is 65.8 Å². The fourth-order valence-corrected chi connectivity index (χ4v) is 7.48. The van der Waals surface area contributed by atoms with Crippen molar-refractivity contribution in [2.75, 3.05) is 4.55 Å². The second kappa shape index (κ2) is 13.7. The van der Waals surface area contributed by atoms with E-state index in [2.05, 4.69) is 180 Å². The first-order valence-electron chi connectivity index (χ1n) is 16.7. The Hall–Kier alpha value is -5.26. The normalized spacial score (nSPS) is 13.9. The second-order valence-corrected chi connectivity index (χ2v) is 13.2. The molecule has 0 aromatic heterocycles. The number of halogens is 1. The minimum atomic E-state index is 0.665. The highest BCUT2D eigenvalue weighted by molar-refractivity contribution is 14.1. The Morgan fingerprint density at radius 2 is 1.14 bits per heavy atom. The number of rotatable bonds is 7. The topological polar surface area (TPSA) is 38.4 Å². The maximum absolute atomic E-state index is 6.75. The molecule has 1 aliphatic carbocycles. The van der Waals surface area contributed by atoms with Crippen LogP contribution in [0.3, 0.4) is 0 Å². The predicted octanol–water partition coefficient (Wildman–Crippen LogP) is 12.4. The summed E-state index contributed by atoms with van der Waals surface area (Å²) in [6.45, 7) is 0. The molecular weight excluding hydrogens is 707 g/mol. The van der Waals surface area contributed by atoms with Gasteiger partial charge in [-0.2, -0.15) is 0 Å². The van der Waals surface area contributed by atoms with Crippen molar-refractivity contribution in [3.63, 3.8) is 0 Å². The summed E-state index contributed by atoms with van der Waals surface area (Å²) >= 11 is 2.32. The summed E-state index contributed by atoms with van der Waals surface area (Å²) in [6, 6.07) is 52.2. The summed E-state index contributed by atoms with van der Waals surface area (Å²) in [7, 11) is 0. The Balaban J connectivity index is 1.13. The highest BCUT2D eigenvalue weighted by Gasteiger charge is 2.14. The van der Waals surface area contributed by atoms with E-state index in [0.29, 0.717) is 4.55 Å². The number of nitrogens with two attached hydrogens (primary N) is 1. The van der Waals surface area contributed by atoms with Gasteiger partial charge in [0, 0.05) is 5.70 Å². The van der Waals surface area contributed by atoms with Crippen molar-refractivity contribution >= 4 is 71.9 Å². The summed E-state index contributed by atoms with van der Waals surface area (Å²) in [5, 5.41) is 7.76. The van der Waals surface area contributed by atoms with Gasteiger partial charge in [-0.25, -0.2) is 0 Å². The average molecular weight is 743 g/mol. The van der Waals surface area contributed by atoms with Crippen LogP contribution in [0.1, 0.15) is 24.0 Å². The van der Waals surface area contributed by atoms with Crippen LogP contribution in [-0.4, -0.2) is 10.3 Å². The molecule has 0 spiro atoms. The number of alkyl halides is 1. The number of fused-ring (bicyclic) bond motifs is 6. The van der Waals surface area contributed by atoms with Gasteiger partial charge in [-0.1, -0.05) is 156 Å². The lowest BCUT2D eigenvalue weighted by Gasteiger charge is -2.16. The number of hydrogen-bond donors (Lipinski definition) is 1. The molecule has 0 heterocycles. The molecule has 7 aromatic rings. The van der Waals surface area contributed by atoms with Gasteiger partial charge in [0.1, 0.15) is 0 Å². The number of allylic oxidation sites excluding steroid dienone is 5. The van der Waals surface area contributed by atoms with Gasteiger partial charge in [0.2, 0.25) is 0 Å². The summed E-state index contributed by atoms with van der Waals surface area (Å²) in [5.74, 6) is 0. The highest BCUT2D eigenvalue weighted by atomic mass is 127. The molecule has 0 atom stereocenters. The van der Waals surface area contributed by atoms with E-state index in [4.69, 9.17) is 10.7 Å². The van der Waals surface area contributed by atoms with Gasteiger partial charge in [0.15, 0.2) is 0 Å². The van der Waals surface area contributed by atoms with E-state index in [1.165, 1.54) is 65.7 Å². The van der Waals surface area contributed by atoms with Crippen molar-refractivity contribution in [2.45, 2.75) is 12.8 Å². The number of benzene rings is 7. The molecule has 1 aliphatic rings. The van der Waals surface area contributed by atoms with Gasteiger partial charge in [0.05, 0.1) is 10.3 Å². The summed E-state index contributed by atoms with van der Waals surface area (Å²) in [5.41, 5.74) is 17.8. The Bertz CT molecular complexity index is 2450. The first-order chi connectivity index (χ1) is 24.2. The number of aliphatic imine (C=N–C) groups is 1. The first kappa shape index (κ1) is 31.0. The van der Waals surface area contributed by atoms with Crippen LogP contribution in [0.5, 0.6) is 0 Å². The van der Waals surface area contributed by atoms with Gasteiger partial charge in [-0.05, 0) is 120 Å². The van der Waals surface area contributed by atoms with Crippen molar-refractivity contribution in [2.24, 2.45) is 10.7 Å². The van der Waals surface area contributed by atoms with Crippen molar-refractivity contribution in [1.82, 2.24) is 0 Å². The molecular formula is C46H35IN2. The van der Waals surface area contributed by atoms with Crippen LogP contribution in [0.15, 0.2) is 174 Å². The SMILES string of the molecule is N/C(=C\C(=N/CI)C1=CC(c2cccc(-c3ccc4c5ccccc5c5ccccc5c4c3)c2)=CCC1)c1cccc(-c2ccccc2)c1. The molecule has 3 heteroatoms. The Morgan fingerprint density at radius 1 is 0.571 bits per heavy atom. The average Bonchev–Trinajstić information content (AvgIpc) is 3.18. The quantitative estimate of drug-likeness (QED) is 0.0570. The fourth-order valence-electron chi connectivity index (χ4n) is 7.11. The Kier molecular flexibility index (Phi) is 8.67. The minimum absolute atomic E-state index is 0.665. The standard InChI is InChI=1S/C46H35IN2/c47-30-49-46(29-45(48)37-17-9-13-32(26-37)31-11-2-1-3-12-31)38-18-10-16-35(27-38)33-14-8-15-34(25-33)36-23-24-43-41-21-5-4-19-39(41)40-20-6-7-22-42(40)44(43)28-36/h1-9,11-17,19-29H,10,18,30,48H2/b45-29-,49-46+. The fraction of sp³-hybridized carbons (Fsp3) is 0.0652. The first-order valence-corrected chi connectivity index (χ1v) is 18.3. The predicted molar refractivity (Wildman–Crippen MR) is 220 cm³/mol. The zero-order valence-corrected chi connectivity index (χ0v) is 29.3. The lowest BCUT2D eigenvalue weighted by molar-refractivity contribution is 1.01. The van der Waals surface area contributed by atoms with Gasteiger partial charge < -0.3 is 5.73 Å². The van der Waals surface area contributed by atoms with Crippen LogP contribution in [0, 0.1) is 0 Å². The monoisotopic (exact) mass is 742 g/mol. The second-order valence-electron chi connectivity index (χ2n) is 12.5. The third-order valence-corrected chi connectivity index (χ3v) is 9.88. The molecule has 49 heavy (non-hydrogen) atoms. The van der Waals surface area contributed by atoms with Gasteiger partial charge >= 0.3 is 0 Å². The van der Waals surface area contributed by atoms with Crippen molar-refractivity contribution in [3.8, 4) is 22.3 Å². The molecule has 8 rings (SSSR count). The summed E-state index contributed by atoms with van der Waals surface area (Å²) in [4.78, 5) is 4.91. The molecule has 2 N–H and O–H groups in total. The van der Waals surface area contributed by atoms with Crippen LogP contribution in [0.4, 0.5) is 0 Å². The largest absolute Gasteiger partial charge is 0.398 e. The molecule has 0 aliphatic heterocycles. The highest BCUT2D eigenvalue weighted by Crippen LogP contribution is 2.38. The zero-order chi connectivity index (χ0) is 33.2. The van der Waals surface area contributed by atoms with Gasteiger partial charge in [-0.3, -0.25) is 4.99 Å². The third kappa shape index (κ3) is 6.23. The van der Waals surface area contributed by atoms with Crippen LogP contribution in [0.2, 0.25) is 0 Å². The molecule has 0 saturated heterocycles. The van der Waals surface area contributed by atoms with Crippen molar-refractivity contribution < 1.29 is 0 Å². The maximum atomic E-state index is 6.75. The molecule has 0 saturated carbocycles. The molecule has 0 fully saturated rings. The third-order valence-electron chi connectivity index (χ3n) is 9.54. The molecule has 2 nitrogen and oxygen atoms in total. The van der Waals surface area contributed by atoms with E-state index in [-0.39, 0.29) is 0 Å². The Morgan fingerprint density at radius 3 is 1.86 bits per heavy atom. The minimum Gasteiger partial charge on any atom is -0.398 e. The van der Waals surface area contributed by atoms with Gasteiger partial charge in [-0.15, -0.1) is 0 Å². The van der Waals surface area contributed by atoms with E-state index >= 15 is 0 Å². The van der Waals surface area contributed by atoms with E-state index in [1.807, 2.05) is 6.07 Å². The summed E-state index contributed by atoms with van der Waals surface area (Å²) in [6.07, 6.45) is 8.59. The van der Waals surface area contributed by atoms with E-state index in [0.717, 1.165) is 35.4 Å². The smallest absolute Gasteiger partial charge is 0.0911 e. The van der Waals surface area contributed by atoms with Crippen LogP contribution in [-0.2, 0) is 0 Å². The molecule has 7 aromatic carbocycles. The molecule has 0 bridgehead atoms.